The number of anilines is 1. The van der Waals surface area contributed by atoms with E-state index in [-0.39, 0.29) is 12.1 Å². The quantitative estimate of drug-likeness (QED) is 0.496. The first-order valence-electron chi connectivity index (χ1n) is 6.93. The second kappa shape index (κ2) is 6.05. The third kappa shape index (κ3) is 2.86. The minimum atomic E-state index is -0.938. The molecule has 118 valence electrons. The maximum atomic E-state index is 13.4. The van der Waals surface area contributed by atoms with Gasteiger partial charge in [0.05, 0.1) is 12.2 Å². The Morgan fingerprint density at radius 3 is 2.74 bits per heavy atom. The smallest absolute Gasteiger partial charge is 0.276 e. The molecule has 3 rings (SSSR count). The van der Waals surface area contributed by atoms with Crippen LogP contribution in [-0.4, -0.2) is 24.5 Å². The van der Waals surface area contributed by atoms with E-state index >= 15 is 0 Å². The number of rotatable bonds is 2. The molecule has 0 aliphatic carbocycles. The third-order valence-corrected chi connectivity index (χ3v) is 3.53. The molecular formula is C16H14FN3O3. The lowest BCUT2D eigenvalue weighted by Gasteiger charge is -2.33. The van der Waals surface area contributed by atoms with E-state index in [9.17, 15) is 14.0 Å². The van der Waals surface area contributed by atoms with Gasteiger partial charge in [0.1, 0.15) is 11.6 Å². The van der Waals surface area contributed by atoms with E-state index in [0.717, 1.165) is 6.07 Å². The molecule has 0 saturated heterocycles. The molecule has 0 aromatic heterocycles. The zero-order valence-electron chi connectivity index (χ0n) is 12.0. The van der Waals surface area contributed by atoms with Crippen LogP contribution in [0.1, 0.15) is 10.4 Å². The van der Waals surface area contributed by atoms with Crippen LogP contribution in [0.15, 0.2) is 48.5 Å². The fourth-order valence-electron chi connectivity index (χ4n) is 2.43. The van der Waals surface area contributed by atoms with Gasteiger partial charge in [0.15, 0.2) is 6.10 Å². The molecule has 1 atom stereocenters. The van der Waals surface area contributed by atoms with Gasteiger partial charge in [0.2, 0.25) is 0 Å². The first-order valence-corrected chi connectivity index (χ1v) is 6.93. The molecule has 0 unspecified atom stereocenters. The standard InChI is InChI=1S/C16H14FN3O3/c17-11-5-3-4-10(8-11)16(22)20-9-14(15(21)19-18)23-13-7-2-1-6-12(13)20/h1-8,14H,9,18H2,(H,19,21)/t14-/m1/s1. The van der Waals surface area contributed by atoms with Crippen molar-refractivity contribution < 1.29 is 18.7 Å². The number of amides is 2. The van der Waals surface area contributed by atoms with Gasteiger partial charge in [-0.05, 0) is 30.3 Å². The highest BCUT2D eigenvalue weighted by Crippen LogP contribution is 2.34. The molecule has 7 heteroatoms. The molecule has 0 saturated carbocycles. The summed E-state index contributed by atoms with van der Waals surface area (Å²) in [5.74, 6) is 4.06. The summed E-state index contributed by atoms with van der Waals surface area (Å²) >= 11 is 0. The fraction of sp³-hybridized carbons (Fsp3) is 0.125. The molecule has 1 aliphatic rings. The van der Waals surface area contributed by atoms with E-state index in [0.29, 0.717) is 11.4 Å². The maximum absolute atomic E-state index is 13.4. The van der Waals surface area contributed by atoms with Crippen LogP contribution in [0, 0.1) is 5.82 Å². The number of benzene rings is 2. The van der Waals surface area contributed by atoms with Gasteiger partial charge in [-0.2, -0.15) is 0 Å². The molecule has 23 heavy (non-hydrogen) atoms. The number of hydrazine groups is 1. The monoisotopic (exact) mass is 315 g/mol. The summed E-state index contributed by atoms with van der Waals surface area (Å²) in [5, 5.41) is 0. The number of nitrogens with two attached hydrogens (primary N) is 1. The molecule has 2 aromatic carbocycles. The van der Waals surface area contributed by atoms with E-state index in [2.05, 4.69) is 0 Å². The van der Waals surface area contributed by atoms with Gasteiger partial charge < -0.3 is 9.64 Å². The largest absolute Gasteiger partial charge is 0.476 e. The zero-order valence-corrected chi connectivity index (χ0v) is 12.0. The summed E-state index contributed by atoms with van der Waals surface area (Å²) in [6, 6.07) is 12.2. The lowest BCUT2D eigenvalue weighted by atomic mass is 10.1. The summed E-state index contributed by atoms with van der Waals surface area (Å²) in [4.78, 5) is 25.9. The Kier molecular flexibility index (Phi) is 3.94. The first kappa shape index (κ1) is 15.0. The summed E-state index contributed by atoms with van der Waals surface area (Å²) in [6.07, 6.45) is -0.938. The molecule has 1 heterocycles. The molecule has 6 nitrogen and oxygen atoms in total. The molecule has 1 aliphatic heterocycles. The number of fused-ring (bicyclic) bond motifs is 1. The van der Waals surface area contributed by atoms with Crippen molar-refractivity contribution in [2.24, 2.45) is 5.84 Å². The van der Waals surface area contributed by atoms with Crippen molar-refractivity contribution in [2.75, 3.05) is 11.4 Å². The number of ether oxygens (including phenoxy) is 1. The fourth-order valence-corrected chi connectivity index (χ4v) is 2.43. The van der Waals surface area contributed by atoms with Crippen molar-refractivity contribution in [3.05, 3.63) is 59.9 Å². The molecule has 0 radical (unpaired) electrons. The molecule has 2 amide bonds. The van der Waals surface area contributed by atoms with Crippen molar-refractivity contribution in [3.63, 3.8) is 0 Å². The second-order valence-corrected chi connectivity index (χ2v) is 5.01. The Labute approximate surface area is 131 Å². The van der Waals surface area contributed by atoms with Gasteiger partial charge in [-0.25, -0.2) is 10.2 Å². The summed E-state index contributed by atoms with van der Waals surface area (Å²) < 4.78 is 18.9. The summed E-state index contributed by atoms with van der Waals surface area (Å²) in [6.45, 7) is -0.0185. The minimum absolute atomic E-state index is 0.0185. The SMILES string of the molecule is NNC(=O)[C@H]1CN(C(=O)c2cccc(F)c2)c2ccccc2O1. The number of nitrogens with zero attached hydrogens (tertiary/aromatic N) is 1. The van der Waals surface area contributed by atoms with Crippen molar-refractivity contribution in [2.45, 2.75) is 6.10 Å². The Bertz CT molecular complexity index is 766. The Balaban J connectivity index is 1.99. The van der Waals surface area contributed by atoms with Crippen LogP contribution in [0.25, 0.3) is 0 Å². The molecule has 0 spiro atoms. The average Bonchev–Trinajstić information content (AvgIpc) is 2.59. The molecule has 3 N–H and O–H groups in total. The van der Waals surface area contributed by atoms with Crippen molar-refractivity contribution in [3.8, 4) is 5.75 Å². The highest BCUT2D eigenvalue weighted by Gasteiger charge is 2.33. The highest BCUT2D eigenvalue weighted by molar-refractivity contribution is 6.07. The van der Waals surface area contributed by atoms with Gasteiger partial charge in [0, 0.05) is 5.56 Å². The van der Waals surface area contributed by atoms with E-state index in [1.54, 1.807) is 24.3 Å². The number of carbonyl (C=O) groups excluding carboxylic acids is 2. The topological polar surface area (TPSA) is 84.7 Å². The van der Waals surface area contributed by atoms with Crippen molar-refractivity contribution in [1.29, 1.82) is 0 Å². The summed E-state index contributed by atoms with van der Waals surface area (Å²) in [7, 11) is 0. The molecule has 0 fully saturated rings. The minimum Gasteiger partial charge on any atom is -0.476 e. The maximum Gasteiger partial charge on any atom is 0.276 e. The van der Waals surface area contributed by atoms with Gasteiger partial charge >= 0.3 is 0 Å². The van der Waals surface area contributed by atoms with Crippen LogP contribution in [0.2, 0.25) is 0 Å². The molecular weight excluding hydrogens is 301 g/mol. The van der Waals surface area contributed by atoms with Crippen LogP contribution in [0.3, 0.4) is 0 Å². The lowest BCUT2D eigenvalue weighted by molar-refractivity contribution is -0.127. The normalized spacial score (nSPS) is 16.3. The number of para-hydroxylation sites is 2. The van der Waals surface area contributed by atoms with E-state index in [4.69, 9.17) is 10.6 Å². The van der Waals surface area contributed by atoms with Crippen LogP contribution in [0.5, 0.6) is 5.75 Å². The lowest BCUT2D eigenvalue weighted by Crippen LogP contribution is -2.52. The number of carbonyl (C=O) groups is 2. The molecule has 0 bridgehead atoms. The van der Waals surface area contributed by atoms with E-state index < -0.39 is 23.7 Å². The Morgan fingerprint density at radius 2 is 2.00 bits per heavy atom. The van der Waals surface area contributed by atoms with Crippen molar-refractivity contribution >= 4 is 17.5 Å². The van der Waals surface area contributed by atoms with Gasteiger partial charge in [-0.15, -0.1) is 0 Å². The molecule has 2 aromatic rings. The second-order valence-electron chi connectivity index (χ2n) is 5.01. The van der Waals surface area contributed by atoms with E-state index in [1.165, 1.54) is 23.1 Å². The van der Waals surface area contributed by atoms with Gasteiger partial charge in [-0.3, -0.25) is 15.0 Å². The summed E-state index contributed by atoms with van der Waals surface area (Å²) in [5.41, 5.74) is 2.72. The Hall–Kier alpha value is -2.93. The van der Waals surface area contributed by atoms with Crippen molar-refractivity contribution in [1.82, 2.24) is 5.43 Å². The first-order chi connectivity index (χ1) is 11.1. The Morgan fingerprint density at radius 1 is 1.22 bits per heavy atom. The predicted octanol–water partition coefficient (Wildman–Crippen LogP) is 1.22. The van der Waals surface area contributed by atoms with Gasteiger partial charge in [0.25, 0.3) is 11.8 Å². The number of hydrogen-bond acceptors (Lipinski definition) is 4. The van der Waals surface area contributed by atoms with E-state index in [1.807, 2.05) is 5.43 Å². The van der Waals surface area contributed by atoms with Crippen LogP contribution < -0.4 is 20.9 Å². The zero-order chi connectivity index (χ0) is 16.4. The predicted molar refractivity (Wildman–Crippen MR) is 81.3 cm³/mol. The highest BCUT2D eigenvalue weighted by atomic mass is 19.1. The number of halogens is 1. The van der Waals surface area contributed by atoms with Gasteiger partial charge in [-0.1, -0.05) is 18.2 Å². The van der Waals surface area contributed by atoms with Crippen LogP contribution in [-0.2, 0) is 4.79 Å². The average molecular weight is 315 g/mol. The van der Waals surface area contributed by atoms with Crippen LogP contribution in [0.4, 0.5) is 10.1 Å². The number of hydrogen-bond donors (Lipinski definition) is 2. The van der Waals surface area contributed by atoms with Crippen LogP contribution >= 0.6 is 0 Å². The number of nitrogens with one attached hydrogen (secondary N) is 1. The third-order valence-electron chi connectivity index (χ3n) is 3.53.